The first-order valence-electron chi connectivity index (χ1n) is 6.54. The normalized spacial score (nSPS) is 29.4. The summed E-state index contributed by atoms with van der Waals surface area (Å²) in [6.45, 7) is 0.710. The van der Waals surface area contributed by atoms with Gasteiger partial charge >= 0.3 is 0 Å². The minimum absolute atomic E-state index is 0.100. The fourth-order valence-corrected chi connectivity index (χ4v) is 3.09. The topological polar surface area (TPSA) is 49.6 Å². The molecule has 1 aromatic carbocycles. The largest absolute Gasteiger partial charge is 0.348 e. The predicted molar refractivity (Wildman–Crippen MR) is 76.9 cm³/mol. The minimum Gasteiger partial charge on any atom is -0.348 e. The zero-order valence-electron chi connectivity index (χ0n) is 12.2. The van der Waals surface area contributed by atoms with E-state index in [2.05, 4.69) is 0 Å². The number of rotatable bonds is 4. The molecule has 0 aliphatic heterocycles. The highest BCUT2D eigenvalue weighted by Crippen LogP contribution is 2.57. The molecule has 1 saturated carbocycles. The lowest BCUT2D eigenvalue weighted by Gasteiger charge is -2.27. The van der Waals surface area contributed by atoms with Crippen molar-refractivity contribution in [3.05, 3.63) is 35.9 Å². The van der Waals surface area contributed by atoms with Crippen molar-refractivity contribution in [3.8, 4) is 0 Å². The number of nitrogens with two attached hydrogens (primary N) is 1. The molecular weight excluding hydrogens is 238 g/mol. The van der Waals surface area contributed by atoms with E-state index >= 15 is 0 Å². The molecular formula is C15H23N3O. The molecule has 19 heavy (non-hydrogen) atoms. The lowest BCUT2D eigenvalue weighted by Crippen LogP contribution is -2.48. The third-order valence-corrected chi connectivity index (χ3v) is 3.94. The maximum atomic E-state index is 12.7. The van der Waals surface area contributed by atoms with E-state index in [1.807, 2.05) is 49.3 Å². The Bertz CT molecular complexity index is 472. The zero-order valence-corrected chi connectivity index (χ0v) is 12.2. The molecule has 4 nitrogen and oxygen atoms in total. The van der Waals surface area contributed by atoms with Crippen molar-refractivity contribution in [2.24, 2.45) is 5.73 Å². The molecule has 104 valence electrons. The second kappa shape index (κ2) is 4.62. The highest BCUT2D eigenvalue weighted by molar-refractivity contribution is 5.94. The van der Waals surface area contributed by atoms with Gasteiger partial charge in [0.2, 0.25) is 5.91 Å². The van der Waals surface area contributed by atoms with E-state index in [9.17, 15) is 4.79 Å². The smallest absolute Gasteiger partial charge is 0.234 e. The monoisotopic (exact) mass is 261 g/mol. The molecule has 2 rings (SSSR count). The molecule has 0 heterocycles. The van der Waals surface area contributed by atoms with Gasteiger partial charge in [-0.25, -0.2) is 0 Å². The van der Waals surface area contributed by atoms with Gasteiger partial charge in [0.15, 0.2) is 0 Å². The van der Waals surface area contributed by atoms with Crippen LogP contribution in [0.4, 0.5) is 0 Å². The van der Waals surface area contributed by atoms with Gasteiger partial charge in [-0.1, -0.05) is 30.3 Å². The maximum Gasteiger partial charge on any atom is 0.234 e. The van der Waals surface area contributed by atoms with Gasteiger partial charge in [-0.3, -0.25) is 4.79 Å². The van der Waals surface area contributed by atoms with Crippen LogP contribution in [0.3, 0.4) is 0 Å². The second-order valence-electron chi connectivity index (χ2n) is 6.04. The number of hydrogen-bond donors (Lipinski definition) is 1. The van der Waals surface area contributed by atoms with Crippen LogP contribution in [-0.4, -0.2) is 56.0 Å². The number of carbonyl (C=O) groups excluding carboxylic acids is 1. The lowest BCUT2D eigenvalue weighted by atomic mass is 9.89. The van der Waals surface area contributed by atoms with Crippen molar-refractivity contribution in [3.63, 3.8) is 0 Å². The van der Waals surface area contributed by atoms with Gasteiger partial charge in [0.1, 0.15) is 0 Å². The summed E-state index contributed by atoms with van der Waals surface area (Å²) in [7, 11) is 7.56. The molecule has 1 fully saturated rings. The number of hydrogen-bond acceptors (Lipinski definition) is 3. The summed E-state index contributed by atoms with van der Waals surface area (Å²) in [6.07, 6.45) is 0.708. The standard InChI is InChI=1S/C15H23N3O/c1-17(2)11-14(16)10-15(14,13(19)18(3)4)12-8-6-5-7-9-12/h5-9H,10-11,16H2,1-4H3. The lowest BCUT2D eigenvalue weighted by molar-refractivity contribution is -0.132. The molecule has 0 radical (unpaired) electrons. The Labute approximate surface area is 115 Å². The summed E-state index contributed by atoms with van der Waals surface area (Å²) in [6, 6.07) is 9.91. The number of carbonyl (C=O) groups is 1. The van der Waals surface area contributed by atoms with E-state index < -0.39 is 11.0 Å². The molecule has 0 spiro atoms. The Hall–Kier alpha value is -1.39. The van der Waals surface area contributed by atoms with E-state index in [1.165, 1.54) is 0 Å². The second-order valence-corrected chi connectivity index (χ2v) is 6.04. The van der Waals surface area contributed by atoms with Crippen LogP contribution in [-0.2, 0) is 10.2 Å². The summed E-state index contributed by atoms with van der Waals surface area (Å²) < 4.78 is 0. The van der Waals surface area contributed by atoms with Crippen molar-refractivity contribution in [1.29, 1.82) is 0 Å². The molecule has 1 amide bonds. The molecule has 0 aromatic heterocycles. The molecule has 2 N–H and O–H groups in total. The first kappa shape index (κ1) is 14.0. The molecule has 1 aliphatic rings. The Kier molecular flexibility index (Phi) is 3.41. The molecule has 2 unspecified atom stereocenters. The SMILES string of the molecule is CN(C)CC1(N)CC1(C(=O)N(C)C)c1ccccc1. The average Bonchev–Trinajstić information content (AvgIpc) is 2.95. The average molecular weight is 261 g/mol. The van der Waals surface area contributed by atoms with Crippen LogP contribution in [0.1, 0.15) is 12.0 Å². The van der Waals surface area contributed by atoms with Crippen LogP contribution in [0.2, 0.25) is 0 Å². The van der Waals surface area contributed by atoms with Crippen LogP contribution in [0.15, 0.2) is 30.3 Å². The Morgan fingerprint density at radius 2 is 1.79 bits per heavy atom. The van der Waals surface area contributed by atoms with Crippen molar-refractivity contribution in [1.82, 2.24) is 9.80 Å². The van der Waals surface area contributed by atoms with E-state index in [4.69, 9.17) is 5.73 Å². The molecule has 2 atom stereocenters. The predicted octanol–water partition coefficient (Wildman–Crippen LogP) is 0.675. The Balaban J connectivity index is 2.41. The molecule has 0 bridgehead atoms. The van der Waals surface area contributed by atoms with Crippen LogP contribution in [0, 0.1) is 0 Å². The Morgan fingerprint density at radius 1 is 1.21 bits per heavy atom. The number of benzene rings is 1. The zero-order chi connectivity index (χ0) is 14.3. The van der Waals surface area contributed by atoms with Crippen LogP contribution >= 0.6 is 0 Å². The summed E-state index contributed by atoms with van der Waals surface area (Å²) >= 11 is 0. The fraction of sp³-hybridized carbons (Fsp3) is 0.533. The Morgan fingerprint density at radius 3 is 2.26 bits per heavy atom. The van der Waals surface area contributed by atoms with Crippen molar-refractivity contribution in [2.75, 3.05) is 34.7 Å². The quantitative estimate of drug-likeness (QED) is 0.867. The molecule has 4 heteroatoms. The first-order valence-corrected chi connectivity index (χ1v) is 6.54. The number of amides is 1. The van der Waals surface area contributed by atoms with Gasteiger partial charge in [0.05, 0.1) is 5.41 Å². The fourth-order valence-electron chi connectivity index (χ4n) is 3.09. The highest BCUT2D eigenvalue weighted by atomic mass is 16.2. The molecule has 1 aliphatic carbocycles. The molecule has 1 aromatic rings. The summed E-state index contributed by atoms with van der Waals surface area (Å²) in [4.78, 5) is 16.4. The van der Waals surface area contributed by atoms with Gasteiger partial charge in [0, 0.05) is 26.2 Å². The van der Waals surface area contributed by atoms with Gasteiger partial charge < -0.3 is 15.5 Å². The number of likely N-dealkylation sites (N-methyl/N-ethyl adjacent to an activating group) is 2. The van der Waals surface area contributed by atoms with E-state index in [-0.39, 0.29) is 5.91 Å². The number of nitrogens with zero attached hydrogens (tertiary/aromatic N) is 2. The van der Waals surface area contributed by atoms with Crippen LogP contribution < -0.4 is 5.73 Å². The van der Waals surface area contributed by atoms with E-state index in [0.29, 0.717) is 13.0 Å². The molecule has 0 saturated heterocycles. The third-order valence-electron chi connectivity index (χ3n) is 3.94. The van der Waals surface area contributed by atoms with Gasteiger partial charge in [-0.05, 0) is 26.1 Å². The van der Waals surface area contributed by atoms with Crippen LogP contribution in [0.25, 0.3) is 0 Å². The van der Waals surface area contributed by atoms with Crippen LogP contribution in [0.5, 0.6) is 0 Å². The highest BCUT2D eigenvalue weighted by Gasteiger charge is 2.71. The van der Waals surface area contributed by atoms with Crippen molar-refractivity contribution in [2.45, 2.75) is 17.4 Å². The summed E-state index contributed by atoms with van der Waals surface area (Å²) in [5, 5.41) is 0. The van der Waals surface area contributed by atoms with Gasteiger partial charge in [-0.2, -0.15) is 0 Å². The van der Waals surface area contributed by atoms with Gasteiger partial charge in [0.25, 0.3) is 0 Å². The maximum absolute atomic E-state index is 12.7. The van der Waals surface area contributed by atoms with E-state index in [0.717, 1.165) is 5.56 Å². The summed E-state index contributed by atoms with van der Waals surface area (Å²) in [5.41, 5.74) is 6.49. The van der Waals surface area contributed by atoms with Gasteiger partial charge in [-0.15, -0.1) is 0 Å². The van der Waals surface area contributed by atoms with E-state index in [1.54, 1.807) is 19.0 Å². The van der Waals surface area contributed by atoms with Crippen molar-refractivity contribution < 1.29 is 4.79 Å². The third kappa shape index (κ3) is 2.15. The summed E-state index contributed by atoms with van der Waals surface area (Å²) in [5.74, 6) is 0.100. The van der Waals surface area contributed by atoms with Crippen molar-refractivity contribution >= 4 is 5.91 Å². The minimum atomic E-state index is -0.567. The first-order chi connectivity index (χ1) is 8.83.